The molecule has 1 aliphatic carbocycles. The van der Waals surface area contributed by atoms with E-state index < -0.39 is 0 Å². The summed E-state index contributed by atoms with van der Waals surface area (Å²) in [4.78, 5) is 0. The molecule has 0 bridgehead atoms. The SMILES string of the molecule is NNC(c1ccc(F)c(Br)c1)C1CCOC2(CCC2)C1. The minimum atomic E-state index is -0.244. The van der Waals surface area contributed by atoms with Crippen LogP contribution in [-0.4, -0.2) is 12.2 Å². The average Bonchev–Trinajstić information content (AvgIpc) is 2.42. The number of benzene rings is 1. The zero-order chi connectivity index (χ0) is 14.2. The van der Waals surface area contributed by atoms with Crippen LogP contribution >= 0.6 is 15.9 Å². The summed E-state index contributed by atoms with van der Waals surface area (Å²) in [6.07, 6.45) is 5.61. The molecular weight excluding hydrogens is 323 g/mol. The normalized spacial score (nSPS) is 26.2. The predicted molar refractivity (Wildman–Crippen MR) is 79.4 cm³/mol. The van der Waals surface area contributed by atoms with E-state index >= 15 is 0 Å². The van der Waals surface area contributed by atoms with Crippen LogP contribution in [0.1, 0.15) is 43.7 Å². The average molecular weight is 343 g/mol. The Morgan fingerprint density at radius 3 is 2.85 bits per heavy atom. The molecule has 1 aliphatic heterocycles. The lowest BCUT2D eigenvalue weighted by atomic mass is 9.70. The van der Waals surface area contributed by atoms with Gasteiger partial charge in [0.25, 0.3) is 0 Å². The third kappa shape index (κ3) is 2.64. The summed E-state index contributed by atoms with van der Waals surface area (Å²) >= 11 is 3.25. The van der Waals surface area contributed by atoms with Crippen molar-refractivity contribution >= 4 is 15.9 Å². The second-order valence-corrected chi connectivity index (χ2v) is 6.81. The highest BCUT2D eigenvalue weighted by Gasteiger charge is 2.44. The fourth-order valence-corrected chi connectivity index (χ4v) is 3.88. The monoisotopic (exact) mass is 342 g/mol. The summed E-state index contributed by atoms with van der Waals surface area (Å²) in [5, 5.41) is 0. The van der Waals surface area contributed by atoms with E-state index in [0.717, 1.165) is 37.9 Å². The lowest BCUT2D eigenvalue weighted by Gasteiger charge is -2.48. The molecule has 1 aromatic rings. The van der Waals surface area contributed by atoms with Crippen LogP contribution in [-0.2, 0) is 4.74 Å². The Kier molecular flexibility index (Phi) is 4.13. The maximum atomic E-state index is 13.4. The molecule has 3 rings (SSSR count). The number of hydrogen-bond acceptors (Lipinski definition) is 3. The van der Waals surface area contributed by atoms with Gasteiger partial charge in [0.2, 0.25) is 0 Å². The quantitative estimate of drug-likeness (QED) is 0.653. The standard InChI is InChI=1S/C15H20BrFN2O/c16-12-8-10(2-3-13(12)17)14(19-18)11-4-7-20-15(9-11)5-1-6-15/h2-3,8,11,14,19H,1,4-7,9,18H2. The zero-order valence-electron chi connectivity index (χ0n) is 11.4. The van der Waals surface area contributed by atoms with Gasteiger partial charge in [0, 0.05) is 12.6 Å². The van der Waals surface area contributed by atoms with Crippen LogP contribution in [0, 0.1) is 11.7 Å². The first-order valence-electron chi connectivity index (χ1n) is 7.19. The molecule has 2 aliphatic rings. The van der Waals surface area contributed by atoms with Gasteiger partial charge in [0.1, 0.15) is 5.82 Å². The minimum absolute atomic E-state index is 0.0493. The Balaban J connectivity index is 1.79. The van der Waals surface area contributed by atoms with Crippen LogP contribution in [0.15, 0.2) is 22.7 Å². The number of hydrazine groups is 1. The molecule has 3 N–H and O–H groups in total. The van der Waals surface area contributed by atoms with Crippen LogP contribution in [0.3, 0.4) is 0 Å². The highest BCUT2D eigenvalue weighted by Crippen LogP contribution is 2.47. The molecule has 20 heavy (non-hydrogen) atoms. The Morgan fingerprint density at radius 2 is 2.25 bits per heavy atom. The molecule has 2 fully saturated rings. The molecule has 1 spiro atoms. The Bertz CT molecular complexity index is 493. The fraction of sp³-hybridized carbons (Fsp3) is 0.600. The molecule has 0 aromatic heterocycles. The molecule has 2 unspecified atom stereocenters. The third-order valence-corrected chi connectivity index (χ3v) is 5.36. The Labute approximate surface area is 127 Å². The maximum absolute atomic E-state index is 13.4. The summed E-state index contributed by atoms with van der Waals surface area (Å²) < 4.78 is 19.8. The summed E-state index contributed by atoms with van der Waals surface area (Å²) in [6, 6.07) is 5.17. The van der Waals surface area contributed by atoms with E-state index in [-0.39, 0.29) is 17.5 Å². The third-order valence-electron chi connectivity index (χ3n) is 4.75. The topological polar surface area (TPSA) is 47.3 Å². The first-order valence-corrected chi connectivity index (χ1v) is 7.98. The van der Waals surface area contributed by atoms with Crippen molar-refractivity contribution in [3.63, 3.8) is 0 Å². The van der Waals surface area contributed by atoms with E-state index in [4.69, 9.17) is 10.6 Å². The molecule has 1 aromatic carbocycles. The number of rotatable bonds is 3. The molecule has 110 valence electrons. The number of nitrogens with two attached hydrogens (primary N) is 1. The van der Waals surface area contributed by atoms with Gasteiger partial charge in [0.05, 0.1) is 10.1 Å². The van der Waals surface area contributed by atoms with Crippen LogP contribution in [0.4, 0.5) is 4.39 Å². The number of hydrogen-bond donors (Lipinski definition) is 2. The first-order chi connectivity index (χ1) is 9.63. The molecule has 2 atom stereocenters. The van der Waals surface area contributed by atoms with Crippen molar-refractivity contribution < 1.29 is 9.13 Å². The van der Waals surface area contributed by atoms with Crippen molar-refractivity contribution in [1.82, 2.24) is 5.43 Å². The lowest BCUT2D eigenvalue weighted by Crippen LogP contribution is -2.48. The maximum Gasteiger partial charge on any atom is 0.137 e. The lowest BCUT2D eigenvalue weighted by molar-refractivity contribution is -0.147. The summed E-state index contributed by atoms with van der Waals surface area (Å²) in [5.41, 5.74) is 4.04. The van der Waals surface area contributed by atoms with Crippen molar-refractivity contribution in [2.75, 3.05) is 6.61 Å². The summed E-state index contributed by atoms with van der Waals surface area (Å²) in [7, 11) is 0. The predicted octanol–water partition coefficient (Wildman–Crippen LogP) is 3.44. The molecule has 5 heteroatoms. The van der Waals surface area contributed by atoms with Gasteiger partial charge >= 0.3 is 0 Å². The first kappa shape index (κ1) is 14.4. The van der Waals surface area contributed by atoms with E-state index in [2.05, 4.69) is 21.4 Å². The van der Waals surface area contributed by atoms with Crippen molar-refractivity contribution in [2.45, 2.75) is 43.7 Å². The highest BCUT2D eigenvalue weighted by molar-refractivity contribution is 9.10. The fourth-order valence-electron chi connectivity index (χ4n) is 3.48. The van der Waals surface area contributed by atoms with E-state index in [1.807, 2.05) is 12.1 Å². The van der Waals surface area contributed by atoms with Gasteiger partial charge in [-0.2, -0.15) is 0 Å². The Hall–Kier alpha value is -0.490. The van der Waals surface area contributed by atoms with Crippen molar-refractivity contribution in [1.29, 1.82) is 0 Å². The van der Waals surface area contributed by atoms with Gasteiger partial charge in [-0.3, -0.25) is 11.3 Å². The molecule has 1 saturated heterocycles. The number of nitrogens with one attached hydrogen (secondary N) is 1. The van der Waals surface area contributed by atoms with Gasteiger partial charge in [-0.15, -0.1) is 0 Å². The van der Waals surface area contributed by atoms with E-state index in [9.17, 15) is 4.39 Å². The van der Waals surface area contributed by atoms with Crippen LogP contribution in [0.5, 0.6) is 0 Å². The summed E-state index contributed by atoms with van der Waals surface area (Å²) in [6.45, 7) is 0.797. The van der Waals surface area contributed by atoms with Crippen molar-refractivity contribution in [3.8, 4) is 0 Å². The molecule has 0 radical (unpaired) electrons. The smallest absolute Gasteiger partial charge is 0.137 e. The molecule has 1 saturated carbocycles. The van der Waals surface area contributed by atoms with Crippen LogP contribution < -0.4 is 11.3 Å². The zero-order valence-corrected chi connectivity index (χ0v) is 13.0. The summed E-state index contributed by atoms with van der Waals surface area (Å²) in [5.74, 6) is 5.96. The van der Waals surface area contributed by atoms with E-state index in [0.29, 0.717) is 10.4 Å². The van der Waals surface area contributed by atoms with Crippen LogP contribution in [0.2, 0.25) is 0 Å². The van der Waals surface area contributed by atoms with Gasteiger partial charge < -0.3 is 4.74 Å². The van der Waals surface area contributed by atoms with Gasteiger partial charge in [-0.05, 0) is 71.6 Å². The molecule has 0 amide bonds. The second-order valence-electron chi connectivity index (χ2n) is 5.96. The van der Waals surface area contributed by atoms with E-state index in [1.54, 1.807) is 0 Å². The highest BCUT2D eigenvalue weighted by atomic mass is 79.9. The minimum Gasteiger partial charge on any atom is -0.375 e. The Morgan fingerprint density at radius 1 is 1.45 bits per heavy atom. The second kappa shape index (κ2) is 5.72. The van der Waals surface area contributed by atoms with Gasteiger partial charge in [-0.25, -0.2) is 4.39 Å². The van der Waals surface area contributed by atoms with Crippen molar-refractivity contribution in [3.05, 3.63) is 34.1 Å². The molecule has 3 nitrogen and oxygen atoms in total. The van der Waals surface area contributed by atoms with E-state index in [1.165, 1.54) is 12.5 Å². The number of ether oxygens (including phenoxy) is 1. The molecular formula is C15H20BrFN2O. The van der Waals surface area contributed by atoms with Crippen molar-refractivity contribution in [2.24, 2.45) is 11.8 Å². The van der Waals surface area contributed by atoms with Crippen LogP contribution in [0.25, 0.3) is 0 Å². The van der Waals surface area contributed by atoms with Gasteiger partial charge in [-0.1, -0.05) is 6.07 Å². The molecule has 1 heterocycles. The largest absolute Gasteiger partial charge is 0.375 e. The van der Waals surface area contributed by atoms with Gasteiger partial charge in [0.15, 0.2) is 0 Å². The number of halogens is 2.